The monoisotopic (exact) mass is 225 g/mol. The minimum Gasteiger partial charge on any atom is -0.387 e. The fourth-order valence-corrected chi connectivity index (χ4v) is 2.16. The minimum absolute atomic E-state index is 0.122. The number of likely N-dealkylation sites (tertiary alicyclic amines) is 1. The quantitative estimate of drug-likeness (QED) is 0.558. The van der Waals surface area contributed by atoms with Crippen molar-refractivity contribution in [1.82, 2.24) is 4.90 Å². The van der Waals surface area contributed by atoms with Crippen LogP contribution in [0.15, 0.2) is 0 Å². The van der Waals surface area contributed by atoms with Crippen LogP contribution in [0, 0.1) is 16.7 Å². The van der Waals surface area contributed by atoms with E-state index in [1.165, 1.54) is 32.5 Å². The molecule has 0 amide bonds. The van der Waals surface area contributed by atoms with Gasteiger partial charge in [-0.05, 0) is 51.2 Å². The molecule has 1 rings (SSSR count). The summed E-state index contributed by atoms with van der Waals surface area (Å²) >= 11 is 0. The van der Waals surface area contributed by atoms with Crippen molar-refractivity contribution >= 4 is 5.84 Å². The van der Waals surface area contributed by atoms with E-state index in [1.807, 2.05) is 0 Å². The number of hydrogen-bond acceptors (Lipinski definition) is 2. The van der Waals surface area contributed by atoms with Crippen LogP contribution >= 0.6 is 0 Å². The largest absolute Gasteiger partial charge is 0.387 e. The topological polar surface area (TPSA) is 53.1 Å². The van der Waals surface area contributed by atoms with Crippen LogP contribution in [0.3, 0.4) is 0 Å². The van der Waals surface area contributed by atoms with Crippen LogP contribution in [0.2, 0.25) is 0 Å². The Morgan fingerprint density at radius 2 is 1.94 bits per heavy atom. The summed E-state index contributed by atoms with van der Waals surface area (Å²) in [6, 6.07) is 0. The third kappa shape index (κ3) is 4.12. The molecule has 0 saturated carbocycles. The first kappa shape index (κ1) is 13.5. The summed E-state index contributed by atoms with van der Waals surface area (Å²) in [5.74, 6) is 1.23. The average molecular weight is 225 g/mol. The molecule has 0 unspecified atom stereocenters. The van der Waals surface area contributed by atoms with Crippen LogP contribution in [0.25, 0.3) is 0 Å². The minimum atomic E-state index is -0.122. The molecule has 1 heterocycles. The van der Waals surface area contributed by atoms with E-state index in [1.54, 1.807) is 0 Å². The number of nitrogens with two attached hydrogens (primary N) is 1. The number of rotatable bonds is 5. The van der Waals surface area contributed by atoms with Gasteiger partial charge in [0.1, 0.15) is 0 Å². The predicted molar refractivity (Wildman–Crippen MR) is 69.8 cm³/mol. The highest BCUT2D eigenvalue weighted by Crippen LogP contribution is 2.23. The van der Waals surface area contributed by atoms with Crippen molar-refractivity contribution in [3.63, 3.8) is 0 Å². The van der Waals surface area contributed by atoms with Crippen LogP contribution < -0.4 is 5.73 Å². The molecule has 0 aromatic rings. The van der Waals surface area contributed by atoms with Gasteiger partial charge in [0.15, 0.2) is 0 Å². The smallest absolute Gasteiger partial charge is 0.0963 e. The Hall–Kier alpha value is -0.570. The molecule has 3 nitrogen and oxygen atoms in total. The van der Waals surface area contributed by atoms with Crippen LogP contribution in [0.5, 0.6) is 0 Å². The van der Waals surface area contributed by atoms with Crippen molar-refractivity contribution in [1.29, 1.82) is 5.41 Å². The molecule has 16 heavy (non-hydrogen) atoms. The summed E-state index contributed by atoms with van der Waals surface area (Å²) in [5, 5.41) is 7.51. The molecule has 1 saturated heterocycles. The van der Waals surface area contributed by atoms with E-state index in [-0.39, 0.29) is 5.41 Å². The number of nitrogens with one attached hydrogen (secondary N) is 1. The molecule has 1 fully saturated rings. The Morgan fingerprint density at radius 3 is 2.44 bits per heavy atom. The number of amidine groups is 1. The maximum atomic E-state index is 7.51. The Kier molecular flexibility index (Phi) is 4.78. The molecule has 0 bridgehead atoms. The van der Waals surface area contributed by atoms with Crippen molar-refractivity contribution in [2.45, 2.75) is 46.5 Å². The zero-order valence-corrected chi connectivity index (χ0v) is 11.1. The SMILES string of the molecule is CC1CCN(CCCC(C)(C)C(=N)N)CC1. The second-order valence-corrected chi connectivity index (χ2v) is 5.93. The summed E-state index contributed by atoms with van der Waals surface area (Å²) in [5.41, 5.74) is 5.46. The Labute approximate surface area is 99.9 Å². The maximum absolute atomic E-state index is 7.51. The highest BCUT2D eigenvalue weighted by Gasteiger charge is 2.22. The van der Waals surface area contributed by atoms with Gasteiger partial charge in [0.25, 0.3) is 0 Å². The summed E-state index contributed by atoms with van der Waals surface area (Å²) in [6.07, 6.45) is 4.86. The van der Waals surface area contributed by atoms with E-state index in [2.05, 4.69) is 25.7 Å². The normalized spacial score (nSPS) is 19.9. The third-order valence-electron chi connectivity index (χ3n) is 3.88. The Bertz CT molecular complexity index is 227. The molecule has 3 heteroatoms. The van der Waals surface area contributed by atoms with E-state index < -0.39 is 0 Å². The molecule has 94 valence electrons. The van der Waals surface area contributed by atoms with E-state index in [4.69, 9.17) is 11.1 Å². The predicted octanol–water partition coefficient (Wildman–Crippen LogP) is 2.46. The van der Waals surface area contributed by atoms with Gasteiger partial charge in [0, 0.05) is 5.41 Å². The molecule has 0 aromatic carbocycles. The lowest BCUT2D eigenvalue weighted by Crippen LogP contribution is -2.35. The van der Waals surface area contributed by atoms with Crippen LogP contribution in [0.4, 0.5) is 0 Å². The van der Waals surface area contributed by atoms with Gasteiger partial charge in [-0.25, -0.2) is 0 Å². The van der Waals surface area contributed by atoms with Crippen molar-refractivity contribution in [2.75, 3.05) is 19.6 Å². The van der Waals surface area contributed by atoms with Crippen LogP contribution in [-0.2, 0) is 0 Å². The maximum Gasteiger partial charge on any atom is 0.0963 e. The zero-order valence-electron chi connectivity index (χ0n) is 11.1. The van der Waals surface area contributed by atoms with Crippen molar-refractivity contribution < 1.29 is 0 Å². The number of nitrogens with zero attached hydrogens (tertiary/aromatic N) is 1. The first-order valence-electron chi connectivity index (χ1n) is 6.48. The molecule has 3 N–H and O–H groups in total. The zero-order chi connectivity index (χ0) is 12.2. The summed E-state index contributed by atoms with van der Waals surface area (Å²) in [7, 11) is 0. The summed E-state index contributed by atoms with van der Waals surface area (Å²) in [4.78, 5) is 2.55. The Balaban J connectivity index is 2.18. The van der Waals surface area contributed by atoms with Gasteiger partial charge < -0.3 is 10.6 Å². The van der Waals surface area contributed by atoms with E-state index >= 15 is 0 Å². The van der Waals surface area contributed by atoms with Gasteiger partial charge in [-0.2, -0.15) is 0 Å². The van der Waals surface area contributed by atoms with E-state index in [9.17, 15) is 0 Å². The van der Waals surface area contributed by atoms with Gasteiger partial charge in [-0.3, -0.25) is 5.41 Å². The molecule has 0 aliphatic carbocycles. The summed E-state index contributed by atoms with van der Waals surface area (Å²) < 4.78 is 0. The highest BCUT2D eigenvalue weighted by molar-refractivity contribution is 5.82. The number of hydrogen-bond donors (Lipinski definition) is 2. The molecule has 1 aliphatic heterocycles. The van der Waals surface area contributed by atoms with Gasteiger partial charge in [-0.15, -0.1) is 0 Å². The first-order chi connectivity index (χ1) is 7.42. The van der Waals surface area contributed by atoms with Crippen LogP contribution in [0.1, 0.15) is 46.5 Å². The van der Waals surface area contributed by atoms with Crippen molar-refractivity contribution in [3.05, 3.63) is 0 Å². The fourth-order valence-electron chi connectivity index (χ4n) is 2.16. The molecule has 0 radical (unpaired) electrons. The second kappa shape index (κ2) is 5.67. The second-order valence-electron chi connectivity index (χ2n) is 5.93. The van der Waals surface area contributed by atoms with Crippen molar-refractivity contribution in [2.24, 2.45) is 17.1 Å². The standard InChI is InChI=1S/C13H27N3/c1-11-5-9-16(10-6-11)8-4-7-13(2,3)12(14)15/h11H,4-10H2,1-3H3,(H3,14,15). The van der Waals surface area contributed by atoms with E-state index in [0.29, 0.717) is 5.84 Å². The number of piperidine rings is 1. The van der Waals surface area contributed by atoms with Crippen molar-refractivity contribution in [3.8, 4) is 0 Å². The van der Waals surface area contributed by atoms with Crippen LogP contribution in [-0.4, -0.2) is 30.4 Å². The fraction of sp³-hybridized carbons (Fsp3) is 0.923. The van der Waals surface area contributed by atoms with E-state index in [0.717, 1.165) is 18.8 Å². The highest BCUT2D eigenvalue weighted by atomic mass is 15.1. The lowest BCUT2D eigenvalue weighted by atomic mass is 9.86. The molecule has 0 spiro atoms. The lowest BCUT2D eigenvalue weighted by molar-refractivity contribution is 0.185. The third-order valence-corrected chi connectivity index (χ3v) is 3.88. The molecule has 0 aromatic heterocycles. The molecule has 0 atom stereocenters. The van der Waals surface area contributed by atoms with Gasteiger partial charge in [0.2, 0.25) is 0 Å². The average Bonchev–Trinajstić information content (AvgIpc) is 2.20. The first-order valence-corrected chi connectivity index (χ1v) is 6.48. The summed E-state index contributed by atoms with van der Waals surface area (Å²) in [6.45, 7) is 10.1. The molecule has 1 aliphatic rings. The molecular weight excluding hydrogens is 198 g/mol. The van der Waals surface area contributed by atoms with Gasteiger partial charge in [0.05, 0.1) is 5.84 Å². The van der Waals surface area contributed by atoms with Gasteiger partial charge >= 0.3 is 0 Å². The van der Waals surface area contributed by atoms with Gasteiger partial charge in [-0.1, -0.05) is 20.8 Å². The lowest BCUT2D eigenvalue weighted by Gasteiger charge is -2.31. The molecular formula is C13H27N3. The Morgan fingerprint density at radius 1 is 1.38 bits per heavy atom.